The summed E-state index contributed by atoms with van der Waals surface area (Å²) in [5.41, 5.74) is 1.08. The zero-order valence-corrected chi connectivity index (χ0v) is 11.9. The fraction of sp³-hybridized carbons (Fsp3) is 0.583. The van der Waals surface area contributed by atoms with Crippen LogP contribution in [0.2, 0.25) is 0 Å². The Hall–Kier alpha value is -0.580. The predicted molar refractivity (Wildman–Crippen MR) is 74.3 cm³/mol. The van der Waals surface area contributed by atoms with Crippen molar-refractivity contribution in [3.8, 4) is 0 Å². The van der Waals surface area contributed by atoms with Crippen molar-refractivity contribution in [2.24, 2.45) is 0 Å². The van der Waals surface area contributed by atoms with E-state index in [-0.39, 0.29) is 18.3 Å². The van der Waals surface area contributed by atoms with Gasteiger partial charge in [0.05, 0.1) is 4.88 Å². The second-order valence-electron chi connectivity index (χ2n) is 4.41. The van der Waals surface area contributed by atoms with Gasteiger partial charge in [0.2, 0.25) is 0 Å². The van der Waals surface area contributed by atoms with Crippen LogP contribution in [-0.4, -0.2) is 37.0 Å². The van der Waals surface area contributed by atoms with Crippen LogP contribution in [-0.2, 0) is 0 Å². The van der Waals surface area contributed by atoms with Crippen molar-refractivity contribution in [3.05, 3.63) is 21.9 Å². The van der Waals surface area contributed by atoms with Crippen LogP contribution in [0.25, 0.3) is 0 Å². The monoisotopic (exact) mass is 274 g/mol. The number of halogens is 1. The number of aryl methyl sites for hydroxylation is 1. The van der Waals surface area contributed by atoms with E-state index in [1.165, 1.54) is 24.2 Å². The van der Waals surface area contributed by atoms with E-state index in [0.29, 0.717) is 6.04 Å². The summed E-state index contributed by atoms with van der Waals surface area (Å²) in [5, 5.41) is 5.39. The van der Waals surface area contributed by atoms with Gasteiger partial charge in [0.1, 0.15) is 0 Å². The van der Waals surface area contributed by atoms with Gasteiger partial charge >= 0.3 is 0 Å². The number of nitrogens with zero attached hydrogens (tertiary/aromatic N) is 1. The SMILES string of the molecule is Cc1ccsc1C(=O)N(C)CC1CCCN1.Cl. The van der Waals surface area contributed by atoms with E-state index in [9.17, 15) is 4.79 Å². The van der Waals surface area contributed by atoms with Gasteiger partial charge in [-0.1, -0.05) is 0 Å². The molecule has 1 aliphatic heterocycles. The number of carbonyl (C=O) groups is 1. The van der Waals surface area contributed by atoms with Crippen LogP contribution in [0, 0.1) is 6.92 Å². The summed E-state index contributed by atoms with van der Waals surface area (Å²) in [4.78, 5) is 14.8. The molecule has 1 aromatic heterocycles. The molecule has 96 valence electrons. The van der Waals surface area contributed by atoms with Crippen LogP contribution in [0.5, 0.6) is 0 Å². The molecule has 1 fully saturated rings. The lowest BCUT2D eigenvalue weighted by molar-refractivity contribution is 0.0788. The molecule has 1 N–H and O–H groups in total. The highest BCUT2D eigenvalue weighted by molar-refractivity contribution is 7.12. The van der Waals surface area contributed by atoms with Gasteiger partial charge in [0.15, 0.2) is 0 Å². The van der Waals surface area contributed by atoms with Crippen molar-refractivity contribution < 1.29 is 4.79 Å². The summed E-state index contributed by atoms with van der Waals surface area (Å²) in [6, 6.07) is 2.48. The smallest absolute Gasteiger partial charge is 0.263 e. The van der Waals surface area contributed by atoms with Crippen molar-refractivity contribution in [2.45, 2.75) is 25.8 Å². The molecule has 1 aromatic rings. The first kappa shape index (κ1) is 14.5. The minimum Gasteiger partial charge on any atom is -0.339 e. The fourth-order valence-corrected chi connectivity index (χ4v) is 3.01. The number of nitrogens with one attached hydrogen (secondary N) is 1. The maximum absolute atomic E-state index is 12.1. The molecular formula is C12H19ClN2OS. The second-order valence-corrected chi connectivity index (χ2v) is 5.33. The first-order chi connectivity index (χ1) is 7.68. The molecule has 2 rings (SSSR count). The largest absolute Gasteiger partial charge is 0.339 e. The van der Waals surface area contributed by atoms with Crippen LogP contribution in [0.1, 0.15) is 28.1 Å². The summed E-state index contributed by atoms with van der Waals surface area (Å²) in [6.45, 7) is 3.90. The lowest BCUT2D eigenvalue weighted by Crippen LogP contribution is -2.38. The molecule has 1 unspecified atom stereocenters. The highest BCUT2D eigenvalue weighted by Gasteiger charge is 2.21. The lowest BCUT2D eigenvalue weighted by Gasteiger charge is -2.21. The molecule has 0 spiro atoms. The van der Waals surface area contributed by atoms with Crippen molar-refractivity contribution >= 4 is 29.7 Å². The Labute approximate surface area is 113 Å². The molecule has 1 saturated heterocycles. The number of thiophene rings is 1. The number of rotatable bonds is 3. The molecule has 2 heterocycles. The Balaban J connectivity index is 0.00000144. The molecule has 1 aliphatic rings. The molecule has 1 amide bonds. The minimum absolute atomic E-state index is 0. The van der Waals surface area contributed by atoms with E-state index in [1.54, 1.807) is 0 Å². The standard InChI is InChI=1S/C12H18N2OS.ClH/c1-9-5-7-16-11(9)12(15)14(2)8-10-4-3-6-13-10;/h5,7,10,13H,3-4,6,8H2,1-2H3;1H. The molecule has 0 aliphatic carbocycles. The van der Waals surface area contributed by atoms with Crippen LogP contribution in [0.4, 0.5) is 0 Å². The molecule has 0 aromatic carbocycles. The van der Waals surface area contributed by atoms with Gasteiger partial charge in [0.25, 0.3) is 5.91 Å². The Morgan fingerprint density at radius 3 is 2.94 bits per heavy atom. The highest BCUT2D eigenvalue weighted by Crippen LogP contribution is 2.18. The van der Waals surface area contributed by atoms with E-state index < -0.39 is 0 Å². The van der Waals surface area contributed by atoms with Gasteiger partial charge in [-0.05, 0) is 43.3 Å². The zero-order valence-electron chi connectivity index (χ0n) is 10.2. The molecule has 0 bridgehead atoms. The Morgan fingerprint density at radius 1 is 1.65 bits per heavy atom. The van der Waals surface area contributed by atoms with Crippen molar-refractivity contribution in [2.75, 3.05) is 20.1 Å². The van der Waals surface area contributed by atoms with E-state index in [4.69, 9.17) is 0 Å². The highest BCUT2D eigenvalue weighted by atomic mass is 35.5. The number of amides is 1. The molecule has 1 atom stereocenters. The number of hydrogen-bond acceptors (Lipinski definition) is 3. The Bertz CT molecular complexity index is 374. The van der Waals surface area contributed by atoms with E-state index >= 15 is 0 Å². The normalized spacial score (nSPS) is 18.8. The van der Waals surface area contributed by atoms with Gasteiger partial charge in [-0.2, -0.15) is 0 Å². The molecule has 0 saturated carbocycles. The number of likely N-dealkylation sites (N-methyl/N-ethyl adjacent to an activating group) is 1. The van der Waals surface area contributed by atoms with Crippen LogP contribution in [0.3, 0.4) is 0 Å². The van der Waals surface area contributed by atoms with Crippen molar-refractivity contribution in [1.82, 2.24) is 10.2 Å². The molecule has 5 heteroatoms. The first-order valence-electron chi connectivity index (χ1n) is 5.71. The molecular weight excluding hydrogens is 256 g/mol. The first-order valence-corrected chi connectivity index (χ1v) is 6.59. The third-order valence-corrected chi connectivity index (χ3v) is 4.06. The molecule has 0 radical (unpaired) electrons. The number of carbonyl (C=O) groups excluding carboxylic acids is 1. The Kier molecular flexibility index (Phi) is 5.43. The maximum atomic E-state index is 12.1. The third-order valence-electron chi connectivity index (χ3n) is 3.06. The minimum atomic E-state index is 0. The molecule has 3 nitrogen and oxygen atoms in total. The van der Waals surface area contributed by atoms with Crippen LogP contribution >= 0.6 is 23.7 Å². The van der Waals surface area contributed by atoms with E-state index in [1.807, 2.05) is 30.3 Å². The maximum Gasteiger partial charge on any atom is 0.263 e. The summed E-state index contributed by atoms with van der Waals surface area (Å²) in [6.07, 6.45) is 2.41. The van der Waals surface area contributed by atoms with Gasteiger partial charge in [-0.25, -0.2) is 0 Å². The summed E-state index contributed by atoms with van der Waals surface area (Å²) in [5.74, 6) is 0.154. The van der Waals surface area contributed by atoms with Gasteiger partial charge in [0, 0.05) is 19.6 Å². The average molecular weight is 275 g/mol. The van der Waals surface area contributed by atoms with Gasteiger partial charge < -0.3 is 10.2 Å². The third kappa shape index (κ3) is 3.44. The lowest BCUT2D eigenvalue weighted by atomic mass is 10.2. The topological polar surface area (TPSA) is 32.3 Å². The van der Waals surface area contributed by atoms with E-state index in [2.05, 4.69) is 5.32 Å². The summed E-state index contributed by atoms with van der Waals surface area (Å²) >= 11 is 1.53. The quantitative estimate of drug-likeness (QED) is 0.917. The van der Waals surface area contributed by atoms with Crippen LogP contribution < -0.4 is 5.32 Å². The number of hydrogen-bond donors (Lipinski definition) is 1. The second kappa shape index (κ2) is 6.38. The van der Waals surface area contributed by atoms with Crippen LogP contribution in [0.15, 0.2) is 11.4 Å². The zero-order chi connectivity index (χ0) is 11.5. The van der Waals surface area contributed by atoms with E-state index in [0.717, 1.165) is 23.5 Å². The van der Waals surface area contributed by atoms with Crippen molar-refractivity contribution in [3.63, 3.8) is 0 Å². The molecule has 17 heavy (non-hydrogen) atoms. The predicted octanol–water partition coefficient (Wildman–Crippen LogP) is 2.30. The average Bonchev–Trinajstić information content (AvgIpc) is 2.88. The fourth-order valence-electron chi connectivity index (χ4n) is 2.09. The Morgan fingerprint density at radius 2 is 2.41 bits per heavy atom. The van der Waals surface area contributed by atoms with Crippen molar-refractivity contribution in [1.29, 1.82) is 0 Å². The summed E-state index contributed by atoms with van der Waals surface area (Å²) in [7, 11) is 1.89. The van der Waals surface area contributed by atoms with Gasteiger partial charge in [-0.15, -0.1) is 23.7 Å². The summed E-state index contributed by atoms with van der Waals surface area (Å²) < 4.78 is 0. The van der Waals surface area contributed by atoms with Gasteiger partial charge in [-0.3, -0.25) is 4.79 Å².